The lowest BCUT2D eigenvalue weighted by Gasteiger charge is -2.15. The molecule has 4 heteroatoms. The van der Waals surface area contributed by atoms with Gasteiger partial charge in [0.2, 0.25) is 0 Å². The van der Waals surface area contributed by atoms with E-state index >= 15 is 0 Å². The Kier molecular flexibility index (Phi) is 7.75. The number of nitrogens with one attached hydrogen (secondary N) is 1. The zero-order valence-corrected chi connectivity index (χ0v) is 11.8. The molecule has 17 heavy (non-hydrogen) atoms. The molecule has 1 unspecified atom stereocenters. The lowest BCUT2D eigenvalue weighted by atomic mass is 10.1. The molecule has 0 heterocycles. The van der Waals surface area contributed by atoms with Crippen molar-refractivity contribution in [2.45, 2.75) is 32.9 Å². The minimum atomic E-state index is 0. The predicted octanol–water partition coefficient (Wildman–Crippen LogP) is 3.01. The van der Waals surface area contributed by atoms with Gasteiger partial charge in [0.1, 0.15) is 0 Å². The Balaban J connectivity index is 0.00000256. The van der Waals surface area contributed by atoms with Crippen molar-refractivity contribution in [3.05, 3.63) is 23.8 Å². The average molecular weight is 260 g/mol. The van der Waals surface area contributed by atoms with E-state index in [-0.39, 0.29) is 12.4 Å². The fourth-order valence-electron chi connectivity index (χ4n) is 1.52. The first-order chi connectivity index (χ1) is 7.72. The van der Waals surface area contributed by atoms with E-state index in [2.05, 4.69) is 25.2 Å². The predicted molar refractivity (Wildman–Crippen MR) is 73.4 cm³/mol. The monoisotopic (exact) mass is 259 g/mol. The zero-order chi connectivity index (χ0) is 12.0. The summed E-state index contributed by atoms with van der Waals surface area (Å²) in [7, 11) is 3.33. The van der Waals surface area contributed by atoms with Crippen molar-refractivity contribution in [2.24, 2.45) is 0 Å². The number of methoxy groups -OCH3 is 2. The largest absolute Gasteiger partial charge is 0.493 e. The van der Waals surface area contributed by atoms with E-state index in [1.54, 1.807) is 14.2 Å². The van der Waals surface area contributed by atoms with E-state index in [4.69, 9.17) is 9.47 Å². The SMILES string of the molecule is CCC(C)NCc1cccc(OC)c1OC.Cl. The van der Waals surface area contributed by atoms with Crippen LogP contribution in [0.4, 0.5) is 0 Å². The number of halogens is 1. The van der Waals surface area contributed by atoms with E-state index in [1.165, 1.54) is 0 Å². The van der Waals surface area contributed by atoms with Gasteiger partial charge in [0.25, 0.3) is 0 Å². The third-order valence-corrected chi connectivity index (χ3v) is 2.74. The second-order valence-electron chi connectivity index (χ2n) is 3.84. The van der Waals surface area contributed by atoms with Crippen LogP contribution >= 0.6 is 12.4 Å². The third kappa shape index (κ3) is 4.44. The van der Waals surface area contributed by atoms with Gasteiger partial charge in [0.15, 0.2) is 11.5 Å². The summed E-state index contributed by atoms with van der Waals surface area (Å²) in [5.41, 5.74) is 1.13. The molecule has 1 aromatic carbocycles. The standard InChI is InChI=1S/C13H21NO2.ClH/c1-5-10(2)14-9-11-7-6-8-12(15-3)13(11)16-4;/h6-8,10,14H,5,9H2,1-4H3;1H. The molecule has 0 spiro atoms. The Bertz CT molecular complexity index is 331. The molecule has 0 amide bonds. The van der Waals surface area contributed by atoms with Crippen molar-refractivity contribution in [1.82, 2.24) is 5.32 Å². The van der Waals surface area contributed by atoms with Crippen molar-refractivity contribution in [3.63, 3.8) is 0 Å². The fourth-order valence-corrected chi connectivity index (χ4v) is 1.52. The second-order valence-corrected chi connectivity index (χ2v) is 3.84. The summed E-state index contributed by atoms with van der Waals surface area (Å²) in [4.78, 5) is 0. The summed E-state index contributed by atoms with van der Waals surface area (Å²) in [5.74, 6) is 1.60. The molecule has 0 aliphatic heterocycles. The molecule has 1 N–H and O–H groups in total. The van der Waals surface area contributed by atoms with Gasteiger partial charge < -0.3 is 14.8 Å². The minimum absolute atomic E-state index is 0. The highest BCUT2D eigenvalue weighted by molar-refractivity contribution is 5.85. The van der Waals surface area contributed by atoms with Crippen LogP contribution in [0.3, 0.4) is 0 Å². The van der Waals surface area contributed by atoms with Crippen molar-refractivity contribution >= 4 is 12.4 Å². The lowest BCUT2D eigenvalue weighted by molar-refractivity contribution is 0.350. The van der Waals surface area contributed by atoms with E-state index in [0.717, 1.165) is 30.0 Å². The van der Waals surface area contributed by atoms with Gasteiger partial charge in [-0.1, -0.05) is 19.1 Å². The van der Waals surface area contributed by atoms with Crippen LogP contribution in [0.1, 0.15) is 25.8 Å². The lowest BCUT2D eigenvalue weighted by Crippen LogP contribution is -2.24. The molecule has 0 radical (unpaired) electrons. The molecule has 0 aliphatic rings. The van der Waals surface area contributed by atoms with Crippen molar-refractivity contribution in [1.29, 1.82) is 0 Å². The van der Waals surface area contributed by atoms with Gasteiger partial charge in [-0.3, -0.25) is 0 Å². The summed E-state index contributed by atoms with van der Waals surface area (Å²) in [6, 6.07) is 6.45. The molecule has 0 bridgehead atoms. The van der Waals surface area contributed by atoms with E-state index in [0.29, 0.717) is 6.04 Å². The van der Waals surface area contributed by atoms with E-state index < -0.39 is 0 Å². The smallest absolute Gasteiger partial charge is 0.165 e. The van der Waals surface area contributed by atoms with Crippen LogP contribution in [0.2, 0.25) is 0 Å². The fraction of sp³-hybridized carbons (Fsp3) is 0.538. The first kappa shape index (κ1) is 16.1. The van der Waals surface area contributed by atoms with Gasteiger partial charge in [-0.15, -0.1) is 12.4 Å². The highest BCUT2D eigenvalue weighted by atomic mass is 35.5. The second kappa shape index (κ2) is 8.20. The zero-order valence-electron chi connectivity index (χ0n) is 10.9. The average Bonchev–Trinajstić information content (AvgIpc) is 2.34. The number of para-hydroxylation sites is 1. The Labute approximate surface area is 110 Å². The third-order valence-electron chi connectivity index (χ3n) is 2.74. The van der Waals surface area contributed by atoms with Crippen molar-refractivity contribution in [3.8, 4) is 11.5 Å². The Morgan fingerprint density at radius 2 is 1.94 bits per heavy atom. The molecular weight excluding hydrogens is 238 g/mol. The molecule has 0 fully saturated rings. The highest BCUT2D eigenvalue weighted by Gasteiger charge is 2.09. The van der Waals surface area contributed by atoms with Crippen LogP contribution in [0.5, 0.6) is 11.5 Å². The van der Waals surface area contributed by atoms with E-state index in [1.807, 2.05) is 12.1 Å². The molecule has 1 atom stereocenters. The van der Waals surface area contributed by atoms with Crippen molar-refractivity contribution in [2.75, 3.05) is 14.2 Å². The van der Waals surface area contributed by atoms with Crippen molar-refractivity contribution < 1.29 is 9.47 Å². The number of hydrogen-bond donors (Lipinski definition) is 1. The van der Waals surface area contributed by atoms with Crippen LogP contribution in [-0.2, 0) is 6.54 Å². The maximum atomic E-state index is 5.37. The van der Waals surface area contributed by atoms with Gasteiger partial charge in [-0.05, 0) is 19.4 Å². The van der Waals surface area contributed by atoms with Crippen LogP contribution in [0, 0.1) is 0 Å². The molecule has 1 aromatic rings. The molecule has 0 aromatic heterocycles. The number of hydrogen-bond acceptors (Lipinski definition) is 3. The van der Waals surface area contributed by atoms with Gasteiger partial charge in [0.05, 0.1) is 14.2 Å². The molecule has 0 aliphatic carbocycles. The summed E-state index contributed by atoms with van der Waals surface area (Å²) < 4.78 is 10.6. The van der Waals surface area contributed by atoms with Gasteiger partial charge in [0, 0.05) is 18.2 Å². The number of rotatable bonds is 6. The molecule has 0 saturated heterocycles. The Morgan fingerprint density at radius 1 is 1.24 bits per heavy atom. The summed E-state index contributed by atoms with van der Waals surface area (Å²) in [5, 5.41) is 3.44. The molecule has 98 valence electrons. The van der Waals surface area contributed by atoms with Gasteiger partial charge >= 0.3 is 0 Å². The van der Waals surface area contributed by atoms with Crippen LogP contribution in [-0.4, -0.2) is 20.3 Å². The first-order valence-electron chi connectivity index (χ1n) is 5.66. The van der Waals surface area contributed by atoms with Gasteiger partial charge in [-0.2, -0.15) is 0 Å². The number of benzene rings is 1. The molecular formula is C13H22ClNO2. The molecule has 0 saturated carbocycles. The maximum absolute atomic E-state index is 5.37. The quantitative estimate of drug-likeness (QED) is 0.852. The topological polar surface area (TPSA) is 30.5 Å². The Hall–Kier alpha value is -0.930. The normalized spacial score (nSPS) is 11.5. The maximum Gasteiger partial charge on any atom is 0.165 e. The van der Waals surface area contributed by atoms with E-state index in [9.17, 15) is 0 Å². The minimum Gasteiger partial charge on any atom is -0.493 e. The Morgan fingerprint density at radius 3 is 2.47 bits per heavy atom. The molecule has 3 nitrogen and oxygen atoms in total. The molecule has 1 rings (SSSR count). The van der Waals surface area contributed by atoms with Crippen LogP contribution < -0.4 is 14.8 Å². The first-order valence-corrected chi connectivity index (χ1v) is 5.66. The van der Waals surface area contributed by atoms with Crippen LogP contribution in [0.15, 0.2) is 18.2 Å². The number of ether oxygens (including phenoxy) is 2. The summed E-state index contributed by atoms with van der Waals surface area (Å²) in [6.45, 7) is 5.14. The van der Waals surface area contributed by atoms with Crippen LogP contribution in [0.25, 0.3) is 0 Å². The highest BCUT2D eigenvalue weighted by Crippen LogP contribution is 2.30. The van der Waals surface area contributed by atoms with Gasteiger partial charge in [-0.25, -0.2) is 0 Å². The summed E-state index contributed by atoms with van der Waals surface area (Å²) in [6.07, 6.45) is 1.12. The summed E-state index contributed by atoms with van der Waals surface area (Å²) >= 11 is 0.